The third-order valence-corrected chi connectivity index (χ3v) is 8.50. The molecule has 3 rings (SSSR count). The number of carbonyl (C=O) groups excluding carboxylic acids is 3. The number of aryl methyl sites for hydroxylation is 1. The molecule has 0 aliphatic heterocycles. The molecule has 0 aromatic heterocycles. The minimum Gasteiger partial charge on any atom is -0.443 e. The Labute approximate surface area is 316 Å². The standard InChI is InChI=1S/C41H45Cl2N5O4/c1-8-9-13-27(2)28(3)48(40(51)52-41(4,5)6)26-30-15-10-17-31(22-30)37(45-7)34(25-44)39(50)46-21-12-16-29-14-11-18-33(23-29)47-38(49)32-19-20-35(42)36(43)24-32/h8-11,13-15,17-20,22-24,45H,1,12,16,21,26H2,2-7H3,(H,46,50)(H,47,49)/b13-9-,28-27+,37-34-. The first-order valence-corrected chi connectivity index (χ1v) is 17.4. The maximum Gasteiger partial charge on any atom is 0.414 e. The van der Waals surface area contributed by atoms with Crippen LogP contribution >= 0.6 is 23.2 Å². The summed E-state index contributed by atoms with van der Waals surface area (Å²) in [5.41, 5.74) is 4.49. The lowest BCUT2D eigenvalue weighted by Gasteiger charge is -2.29. The fraction of sp³-hybridized carbons (Fsp3) is 0.268. The van der Waals surface area contributed by atoms with Gasteiger partial charge in [-0.05, 0) is 106 Å². The molecule has 0 bridgehead atoms. The van der Waals surface area contributed by atoms with Crippen molar-refractivity contribution in [2.75, 3.05) is 18.9 Å². The van der Waals surface area contributed by atoms with Crippen molar-refractivity contribution in [3.63, 3.8) is 0 Å². The number of benzene rings is 3. The number of amides is 3. The van der Waals surface area contributed by atoms with Crippen LogP contribution in [0.5, 0.6) is 0 Å². The summed E-state index contributed by atoms with van der Waals surface area (Å²) in [5.74, 6) is -0.831. The summed E-state index contributed by atoms with van der Waals surface area (Å²) in [6, 6.07) is 21.5. The van der Waals surface area contributed by atoms with E-state index in [4.69, 9.17) is 27.9 Å². The van der Waals surface area contributed by atoms with Gasteiger partial charge in [0.2, 0.25) is 0 Å². The number of anilines is 1. The van der Waals surface area contributed by atoms with E-state index in [1.54, 1.807) is 48.4 Å². The van der Waals surface area contributed by atoms with E-state index in [0.29, 0.717) is 57.6 Å². The van der Waals surface area contributed by atoms with Crippen LogP contribution in [-0.4, -0.2) is 42.0 Å². The van der Waals surface area contributed by atoms with Gasteiger partial charge in [-0.1, -0.05) is 78.3 Å². The van der Waals surface area contributed by atoms with Gasteiger partial charge >= 0.3 is 6.09 Å². The molecule has 0 unspecified atom stereocenters. The van der Waals surface area contributed by atoms with E-state index in [1.807, 2.05) is 77.1 Å². The summed E-state index contributed by atoms with van der Waals surface area (Å²) in [7, 11) is 1.65. The monoisotopic (exact) mass is 741 g/mol. The first-order chi connectivity index (χ1) is 24.7. The molecule has 0 aliphatic rings. The molecule has 0 fully saturated rings. The van der Waals surface area contributed by atoms with Crippen molar-refractivity contribution >= 4 is 52.5 Å². The van der Waals surface area contributed by atoms with Gasteiger partial charge in [0.25, 0.3) is 11.8 Å². The van der Waals surface area contributed by atoms with Crippen LogP contribution in [0.15, 0.2) is 108 Å². The SMILES string of the molecule is C=C/C=C\C(C)=C(/C)N(Cc1cccc(/C(NC)=C(\C#N)C(=O)NCCCc2cccc(NC(=O)c3ccc(Cl)c(Cl)c3)c2)c1)C(=O)OC(C)(C)C. The van der Waals surface area contributed by atoms with Crippen molar-refractivity contribution in [1.82, 2.24) is 15.5 Å². The second-order valence-corrected chi connectivity index (χ2v) is 13.7. The molecule has 0 saturated heterocycles. The van der Waals surface area contributed by atoms with E-state index in [-0.39, 0.29) is 18.0 Å². The van der Waals surface area contributed by atoms with Gasteiger partial charge in [-0.2, -0.15) is 5.26 Å². The van der Waals surface area contributed by atoms with Crippen molar-refractivity contribution in [1.29, 1.82) is 5.26 Å². The van der Waals surface area contributed by atoms with Gasteiger partial charge in [0.15, 0.2) is 0 Å². The van der Waals surface area contributed by atoms with E-state index in [9.17, 15) is 19.6 Å². The predicted octanol–water partition coefficient (Wildman–Crippen LogP) is 9.22. The molecule has 9 nitrogen and oxygen atoms in total. The number of hydrogen-bond donors (Lipinski definition) is 3. The van der Waals surface area contributed by atoms with Crippen LogP contribution in [0.25, 0.3) is 5.70 Å². The van der Waals surface area contributed by atoms with Crippen LogP contribution in [0.4, 0.5) is 10.5 Å². The Hall–Kier alpha value is -5.30. The van der Waals surface area contributed by atoms with Crippen LogP contribution in [0, 0.1) is 11.3 Å². The minimum absolute atomic E-state index is 0.0721. The average Bonchev–Trinajstić information content (AvgIpc) is 3.10. The zero-order valence-corrected chi connectivity index (χ0v) is 31.9. The van der Waals surface area contributed by atoms with E-state index >= 15 is 0 Å². The second-order valence-electron chi connectivity index (χ2n) is 12.9. The van der Waals surface area contributed by atoms with E-state index in [2.05, 4.69) is 28.6 Å². The summed E-state index contributed by atoms with van der Waals surface area (Å²) in [6.07, 6.45) is 6.04. The molecule has 3 amide bonds. The topological polar surface area (TPSA) is 124 Å². The van der Waals surface area contributed by atoms with E-state index in [0.717, 1.165) is 16.7 Å². The Balaban J connectivity index is 1.72. The Morgan fingerprint density at radius 3 is 2.33 bits per heavy atom. The first kappa shape index (κ1) is 41.1. The van der Waals surface area contributed by atoms with Crippen LogP contribution in [0.3, 0.4) is 0 Å². The highest BCUT2D eigenvalue weighted by Gasteiger charge is 2.25. The number of allylic oxidation sites excluding steroid dienone is 5. The van der Waals surface area contributed by atoms with Gasteiger partial charge in [0, 0.05) is 30.5 Å². The molecule has 0 aliphatic carbocycles. The molecule has 11 heteroatoms. The van der Waals surface area contributed by atoms with Crippen LogP contribution in [0.1, 0.15) is 68.1 Å². The predicted molar refractivity (Wildman–Crippen MR) is 210 cm³/mol. The van der Waals surface area contributed by atoms with Crippen molar-refractivity contribution < 1.29 is 19.1 Å². The average molecular weight is 743 g/mol. The number of hydrogen-bond acceptors (Lipinski definition) is 6. The zero-order valence-electron chi connectivity index (χ0n) is 30.4. The molecule has 272 valence electrons. The summed E-state index contributed by atoms with van der Waals surface area (Å²) < 4.78 is 5.72. The zero-order chi connectivity index (χ0) is 38.4. The molecule has 0 spiro atoms. The highest BCUT2D eigenvalue weighted by atomic mass is 35.5. The Bertz CT molecular complexity index is 1940. The molecule has 0 saturated carbocycles. The molecule has 0 heterocycles. The Morgan fingerprint density at radius 1 is 0.962 bits per heavy atom. The molecule has 3 N–H and O–H groups in total. The first-order valence-electron chi connectivity index (χ1n) is 16.7. The van der Waals surface area contributed by atoms with Gasteiger partial charge in [-0.25, -0.2) is 4.79 Å². The molecular weight excluding hydrogens is 697 g/mol. The molecule has 0 atom stereocenters. The maximum absolute atomic E-state index is 13.3. The summed E-state index contributed by atoms with van der Waals surface area (Å²) in [6.45, 7) is 13.4. The summed E-state index contributed by atoms with van der Waals surface area (Å²) in [4.78, 5) is 40.9. The maximum atomic E-state index is 13.3. The molecule has 0 radical (unpaired) electrons. The van der Waals surface area contributed by atoms with E-state index in [1.165, 1.54) is 6.07 Å². The quantitative estimate of drug-likeness (QED) is 0.0655. The van der Waals surface area contributed by atoms with Crippen molar-refractivity contribution in [3.05, 3.63) is 141 Å². The van der Waals surface area contributed by atoms with Gasteiger partial charge in [0.05, 0.1) is 22.3 Å². The largest absolute Gasteiger partial charge is 0.443 e. The molecule has 52 heavy (non-hydrogen) atoms. The van der Waals surface area contributed by atoms with E-state index < -0.39 is 17.6 Å². The van der Waals surface area contributed by atoms with Crippen molar-refractivity contribution in [3.8, 4) is 6.07 Å². The molecule has 3 aromatic rings. The normalized spacial score (nSPS) is 12.2. The fourth-order valence-corrected chi connectivity index (χ4v) is 5.35. The van der Waals surface area contributed by atoms with Gasteiger partial charge in [-0.15, -0.1) is 0 Å². The van der Waals surface area contributed by atoms with Crippen molar-refractivity contribution in [2.45, 2.75) is 59.6 Å². The number of nitriles is 1. The van der Waals surface area contributed by atoms with Crippen LogP contribution in [0.2, 0.25) is 10.0 Å². The number of carbonyl (C=O) groups is 3. The molecular formula is C41H45Cl2N5O4. The highest BCUT2D eigenvalue weighted by Crippen LogP contribution is 2.25. The number of ether oxygens (including phenoxy) is 1. The van der Waals surface area contributed by atoms with Gasteiger partial charge in [-0.3, -0.25) is 14.5 Å². The van der Waals surface area contributed by atoms with Crippen LogP contribution in [-0.2, 0) is 22.5 Å². The van der Waals surface area contributed by atoms with Crippen LogP contribution < -0.4 is 16.0 Å². The highest BCUT2D eigenvalue weighted by molar-refractivity contribution is 6.42. The van der Waals surface area contributed by atoms with Gasteiger partial charge < -0.3 is 20.7 Å². The number of nitrogens with zero attached hydrogens (tertiary/aromatic N) is 2. The molecule has 3 aromatic carbocycles. The second kappa shape index (κ2) is 19.3. The summed E-state index contributed by atoms with van der Waals surface area (Å²) >= 11 is 12.0. The fourth-order valence-electron chi connectivity index (χ4n) is 5.05. The Kier molecular flexibility index (Phi) is 15.3. The lowest BCUT2D eigenvalue weighted by atomic mass is 10.0. The minimum atomic E-state index is -0.699. The summed E-state index contributed by atoms with van der Waals surface area (Å²) in [5, 5.41) is 19.5. The van der Waals surface area contributed by atoms with Gasteiger partial charge in [0.1, 0.15) is 17.2 Å². The smallest absolute Gasteiger partial charge is 0.414 e. The lowest BCUT2D eigenvalue weighted by Crippen LogP contribution is -2.35. The Morgan fingerprint density at radius 2 is 1.67 bits per heavy atom. The third kappa shape index (κ3) is 12.2. The number of nitrogens with one attached hydrogen (secondary N) is 3. The number of halogens is 2. The third-order valence-electron chi connectivity index (χ3n) is 7.76. The lowest BCUT2D eigenvalue weighted by molar-refractivity contribution is -0.117. The van der Waals surface area contributed by atoms with Crippen molar-refractivity contribution in [2.24, 2.45) is 0 Å². The number of rotatable bonds is 14.